The molecule has 1 aromatic carbocycles. The van der Waals surface area contributed by atoms with Crippen molar-refractivity contribution in [2.75, 3.05) is 0 Å². The normalized spacial score (nSPS) is 9.95. The molecule has 8 heteroatoms. The maximum absolute atomic E-state index is 11.7. The molecule has 0 atom stereocenters. The van der Waals surface area contributed by atoms with Crippen molar-refractivity contribution in [1.82, 2.24) is 21.0 Å². The lowest BCUT2D eigenvalue weighted by Gasteiger charge is -2.06. The van der Waals surface area contributed by atoms with Crippen LogP contribution in [0.4, 0.5) is 0 Å². The fourth-order valence-electron chi connectivity index (χ4n) is 1.49. The third-order valence-corrected chi connectivity index (χ3v) is 2.76. The van der Waals surface area contributed by atoms with Crippen LogP contribution < -0.4 is 16.4 Å². The second-order valence-corrected chi connectivity index (χ2v) is 4.55. The Balaban J connectivity index is 1.86. The Bertz CT molecular complexity index is 692. The molecule has 7 nitrogen and oxygen atoms in total. The number of carbonyl (C=O) groups excluding carboxylic acids is 2. The zero-order valence-electron chi connectivity index (χ0n) is 10.7. The number of hydrogen-bond acceptors (Lipinski definition) is 4. The average Bonchev–Trinajstić information content (AvgIpc) is 2.48. The second kappa shape index (κ2) is 6.67. The van der Waals surface area contributed by atoms with Crippen molar-refractivity contribution in [3.05, 3.63) is 63.0 Å². The van der Waals surface area contributed by atoms with Crippen LogP contribution in [-0.2, 0) is 11.2 Å². The van der Waals surface area contributed by atoms with E-state index in [1.165, 1.54) is 6.07 Å². The van der Waals surface area contributed by atoms with Crippen LogP contribution in [0.15, 0.2) is 41.2 Å². The van der Waals surface area contributed by atoms with Crippen molar-refractivity contribution in [1.29, 1.82) is 0 Å². The molecule has 21 heavy (non-hydrogen) atoms. The summed E-state index contributed by atoms with van der Waals surface area (Å²) in [5, 5.41) is 6.24. The number of nitrogens with zero attached hydrogens (tertiary/aromatic N) is 1. The first-order chi connectivity index (χ1) is 10.0. The number of carbonyl (C=O) groups is 2. The van der Waals surface area contributed by atoms with Crippen LogP contribution in [0.5, 0.6) is 0 Å². The van der Waals surface area contributed by atoms with E-state index in [1.807, 2.05) is 0 Å². The van der Waals surface area contributed by atoms with Gasteiger partial charge in [-0.25, -0.2) is 5.10 Å². The number of aromatic amines is 1. The number of hydrogen-bond donors (Lipinski definition) is 3. The highest BCUT2D eigenvalue weighted by Crippen LogP contribution is 2.09. The topological polar surface area (TPSA) is 104 Å². The molecule has 2 amide bonds. The van der Waals surface area contributed by atoms with Gasteiger partial charge >= 0.3 is 0 Å². The molecule has 0 unspecified atom stereocenters. The van der Waals surface area contributed by atoms with Gasteiger partial charge in [-0.1, -0.05) is 23.7 Å². The number of aromatic nitrogens is 2. The molecule has 1 heterocycles. The summed E-state index contributed by atoms with van der Waals surface area (Å²) in [5.41, 5.74) is 4.78. The quantitative estimate of drug-likeness (QED) is 0.715. The number of benzene rings is 1. The van der Waals surface area contributed by atoms with Crippen molar-refractivity contribution in [2.45, 2.75) is 6.42 Å². The van der Waals surface area contributed by atoms with Gasteiger partial charge in [0.2, 0.25) is 5.91 Å². The monoisotopic (exact) mass is 306 g/mol. The Labute approximate surface area is 124 Å². The summed E-state index contributed by atoms with van der Waals surface area (Å²) in [6.45, 7) is 0. The fraction of sp³-hybridized carbons (Fsp3) is 0.0769. The summed E-state index contributed by atoms with van der Waals surface area (Å²) < 4.78 is 0. The van der Waals surface area contributed by atoms with E-state index < -0.39 is 17.4 Å². The minimum atomic E-state index is -0.629. The van der Waals surface area contributed by atoms with Gasteiger partial charge in [-0.3, -0.25) is 25.2 Å². The van der Waals surface area contributed by atoms with E-state index in [9.17, 15) is 14.4 Å². The molecule has 0 radical (unpaired) electrons. The fourth-order valence-corrected chi connectivity index (χ4v) is 1.62. The number of halogens is 1. The van der Waals surface area contributed by atoms with Crippen LogP contribution in [0.3, 0.4) is 0 Å². The predicted molar refractivity (Wildman–Crippen MR) is 75.6 cm³/mol. The smallest absolute Gasteiger partial charge is 0.273 e. The number of nitrogens with one attached hydrogen (secondary N) is 3. The third kappa shape index (κ3) is 4.43. The highest BCUT2D eigenvalue weighted by molar-refractivity contribution is 6.30. The first-order valence-electron chi connectivity index (χ1n) is 5.94. The summed E-state index contributed by atoms with van der Waals surface area (Å²) in [4.78, 5) is 34.1. The van der Waals surface area contributed by atoms with E-state index in [0.29, 0.717) is 5.02 Å². The van der Waals surface area contributed by atoms with Gasteiger partial charge in [0, 0.05) is 11.1 Å². The van der Waals surface area contributed by atoms with Gasteiger partial charge in [0.05, 0.1) is 6.42 Å². The highest BCUT2D eigenvalue weighted by atomic mass is 35.5. The standard InChI is InChI=1S/C13H11ClN4O3/c14-9-3-1-8(2-4-9)7-12(20)17-18-13(21)10-5-6-11(19)16-15-10/h1-6H,7H2,(H,16,19)(H,17,20)(H,18,21). The van der Waals surface area contributed by atoms with Gasteiger partial charge in [0.1, 0.15) is 0 Å². The van der Waals surface area contributed by atoms with Crippen LogP contribution in [0.2, 0.25) is 5.02 Å². The van der Waals surface area contributed by atoms with Gasteiger partial charge in [-0.05, 0) is 23.8 Å². The van der Waals surface area contributed by atoms with Crippen LogP contribution in [0.25, 0.3) is 0 Å². The molecular weight excluding hydrogens is 296 g/mol. The number of amides is 2. The Morgan fingerprint density at radius 2 is 1.81 bits per heavy atom. The molecule has 2 rings (SSSR count). The molecule has 1 aromatic heterocycles. The summed E-state index contributed by atoms with van der Waals surface area (Å²) in [6.07, 6.45) is 0.0938. The van der Waals surface area contributed by atoms with Gasteiger partial charge in [-0.15, -0.1) is 0 Å². The van der Waals surface area contributed by atoms with E-state index in [4.69, 9.17) is 11.6 Å². The summed E-state index contributed by atoms with van der Waals surface area (Å²) in [7, 11) is 0. The molecule has 3 N–H and O–H groups in total. The number of H-pyrrole nitrogens is 1. The molecular formula is C13H11ClN4O3. The van der Waals surface area contributed by atoms with Crippen LogP contribution in [0, 0.1) is 0 Å². The van der Waals surface area contributed by atoms with Crippen molar-refractivity contribution >= 4 is 23.4 Å². The Morgan fingerprint density at radius 1 is 1.10 bits per heavy atom. The van der Waals surface area contributed by atoms with Crippen LogP contribution in [-0.4, -0.2) is 22.0 Å². The Kier molecular flexibility index (Phi) is 4.68. The molecule has 2 aromatic rings. The summed E-state index contributed by atoms with van der Waals surface area (Å²) in [6, 6.07) is 9.19. The maximum atomic E-state index is 11.7. The largest absolute Gasteiger partial charge is 0.290 e. The molecule has 0 fully saturated rings. The lowest BCUT2D eigenvalue weighted by Crippen LogP contribution is -2.42. The maximum Gasteiger partial charge on any atom is 0.290 e. The molecule has 0 saturated heterocycles. The highest BCUT2D eigenvalue weighted by Gasteiger charge is 2.09. The van der Waals surface area contributed by atoms with Crippen LogP contribution >= 0.6 is 11.6 Å². The molecule has 0 bridgehead atoms. The van der Waals surface area contributed by atoms with Crippen molar-refractivity contribution in [3.8, 4) is 0 Å². The number of rotatable bonds is 3. The lowest BCUT2D eigenvalue weighted by molar-refractivity contribution is -0.121. The SMILES string of the molecule is O=C(Cc1ccc(Cl)cc1)NNC(=O)c1ccc(=O)[nH]n1. The molecule has 0 spiro atoms. The van der Waals surface area contributed by atoms with Crippen molar-refractivity contribution < 1.29 is 9.59 Å². The average molecular weight is 307 g/mol. The first-order valence-corrected chi connectivity index (χ1v) is 6.32. The van der Waals surface area contributed by atoms with Crippen molar-refractivity contribution in [2.24, 2.45) is 0 Å². The van der Waals surface area contributed by atoms with E-state index in [-0.39, 0.29) is 12.1 Å². The van der Waals surface area contributed by atoms with E-state index in [1.54, 1.807) is 24.3 Å². The predicted octanol–water partition coefficient (Wildman–Crippen LogP) is 0.427. The van der Waals surface area contributed by atoms with E-state index in [2.05, 4.69) is 21.0 Å². The minimum absolute atomic E-state index is 0.0126. The second-order valence-electron chi connectivity index (χ2n) is 4.11. The van der Waals surface area contributed by atoms with Crippen LogP contribution in [0.1, 0.15) is 16.1 Å². The third-order valence-electron chi connectivity index (χ3n) is 2.51. The molecule has 0 aliphatic rings. The van der Waals surface area contributed by atoms with Gasteiger partial charge in [0.25, 0.3) is 11.5 Å². The lowest BCUT2D eigenvalue weighted by atomic mass is 10.1. The molecule has 0 saturated carbocycles. The minimum Gasteiger partial charge on any atom is -0.273 e. The molecule has 0 aliphatic carbocycles. The van der Waals surface area contributed by atoms with Crippen molar-refractivity contribution in [3.63, 3.8) is 0 Å². The summed E-state index contributed by atoms with van der Waals surface area (Å²) >= 11 is 5.74. The Hall–Kier alpha value is -2.67. The van der Waals surface area contributed by atoms with E-state index in [0.717, 1.165) is 11.6 Å². The Morgan fingerprint density at radius 3 is 2.43 bits per heavy atom. The van der Waals surface area contributed by atoms with Gasteiger partial charge in [0.15, 0.2) is 5.69 Å². The zero-order valence-corrected chi connectivity index (χ0v) is 11.5. The molecule has 0 aliphatic heterocycles. The summed E-state index contributed by atoms with van der Waals surface area (Å²) in [5.74, 6) is -1.02. The van der Waals surface area contributed by atoms with E-state index >= 15 is 0 Å². The number of hydrazine groups is 1. The van der Waals surface area contributed by atoms with Gasteiger partial charge in [-0.2, -0.15) is 5.10 Å². The first kappa shape index (κ1) is 14.7. The zero-order chi connectivity index (χ0) is 15.2. The van der Waals surface area contributed by atoms with Gasteiger partial charge < -0.3 is 0 Å². The molecule has 108 valence electrons.